The maximum Gasteiger partial charge on any atom is 0.318 e. The van der Waals surface area contributed by atoms with Gasteiger partial charge < -0.3 is 0 Å². The summed E-state index contributed by atoms with van der Waals surface area (Å²) in [5.74, 6) is 5.19. The van der Waals surface area contributed by atoms with Gasteiger partial charge in [0.1, 0.15) is 5.69 Å². The molecule has 0 bridgehead atoms. The second-order valence-corrected chi connectivity index (χ2v) is 3.07. The largest absolute Gasteiger partial charge is 0.318 e. The first-order chi connectivity index (χ1) is 6.50. The van der Waals surface area contributed by atoms with Gasteiger partial charge in [0.15, 0.2) is 0 Å². The highest BCUT2D eigenvalue weighted by molar-refractivity contribution is 6.36. The number of hydrogen-bond acceptors (Lipinski definition) is 5. The summed E-state index contributed by atoms with van der Waals surface area (Å²) in [5.41, 5.74) is 0.146. The van der Waals surface area contributed by atoms with E-state index in [1.807, 2.05) is 0 Å². The van der Waals surface area contributed by atoms with Gasteiger partial charge in [-0.2, -0.15) is 4.94 Å². The summed E-state index contributed by atoms with van der Waals surface area (Å²) in [6.45, 7) is 0. The Balaban J connectivity index is 2.90. The molecule has 0 amide bonds. The number of anilines is 1. The lowest BCUT2D eigenvalue weighted by Crippen LogP contribution is -2.33. The summed E-state index contributed by atoms with van der Waals surface area (Å²) < 4.78 is 0. The van der Waals surface area contributed by atoms with Crippen LogP contribution in [0.3, 0.4) is 0 Å². The molecule has 0 aliphatic rings. The predicted molar refractivity (Wildman–Crippen MR) is 51.2 cm³/mol. The normalized spacial score (nSPS) is 9.64. The highest BCUT2D eigenvalue weighted by atomic mass is 35.5. The van der Waals surface area contributed by atoms with Crippen molar-refractivity contribution in [1.82, 2.24) is 0 Å². The van der Waals surface area contributed by atoms with Crippen LogP contribution in [0.2, 0.25) is 10.0 Å². The van der Waals surface area contributed by atoms with E-state index in [1.165, 1.54) is 18.2 Å². The smallest absolute Gasteiger partial charge is 0.223 e. The molecule has 76 valence electrons. The van der Waals surface area contributed by atoms with Crippen LogP contribution in [-0.2, 0) is 4.94 Å². The average molecular weight is 238 g/mol. The fraction of sp³-hybridized carbons (Fsp3) is 0. The second-order valence-electron chi connectivity index (χ2n) is 2.23. The first-order valence-corrected chi connectivity index (χ1v) is 4.08. The number of halogens is 2. The molecule has 0 atom stereocenters. The van der Waals surface area contributed by atoms with E-state index in [-0.39, 0.29) is 10.7 Å². The van der Waals surface area contributed by atoms with E-state index in [2.05, 4.69) is 4.94 Å². The van der Waals surface area contributed by atoms with Gasteiger partial charge in [-0.05, 0) is 18.2 Å². The molecule has 0 unspecified atom stereocenters. The minimum Gasteiger partial charge on any atom is -0.223 e. The number of nitrogens with two attached hydrogens (primary N) is 1. The molecule has 0 saturated heterocycles. The average Bonchev–Trinajstić information content (AvgIpc) is 2.01. The fourth-order valence-corrected chi connectivity index (χ4v) is 1.27. The molecule has 1 aromatic carbocycles. The van der Waals surface area contributed by atoms with Crippen LogP contribution in [0, 0.1) is 10.1 Å². The fourth-order valence-electron chi connectivity index (χ4n) is 0.776. The zero-order valence-corrected chi connectivity index (χ0v) is 8.20. The maximum atomic E-state index is 9.95. The molecule has 6 nitrogen and oxygen atoms in total. The van der Waals surface area contributed by atoms with Crippen molar-refractivity contribution in [2.24, 2.45) is 5.84 Å². The van der Waals surface area contributed by atoms with Crippen molar-refractivity contribution in [2.75, 3.05) is 5.17 Å². The third-order valence-corrected chi connectivity index (χ3v) is 1.84. The van der Waals surface area contributed by atoms with Crippen LogP contribution in [0.25, 0.3) is 0 Å². The molecular weight excluding hydrogens is 233 g/mol. The van der Waals surface area contributed by atoms with Crippen molar-refractivity contribution in [3.05, 3.63) is 38.4 Å². The minimum absolute atomic E-state index is 0.146. The summed E-state index contributed by atoms with van der Waals surface area (Å²) in [7, 11) is 0. The molecule has 2 N–H and O–H groups in total. The van der Waals surface area contributed by atoms with Crippen molar-refractivity contribution < 1.29 is 10.0 Å². The number of hydrazine groups is 1. The van der Waals surface area contributed by atoms with Crippen molar-refractivity contribution in [2.45, 2.75) is 0 Å². The molecule has 0 aliphatic heterocycles. The maximum absolute atomic E-state index is 9.95. The van der Waals surface area contributed by atoms with Crippen molar-refractivity contribution in [3.63, 3.8) is 0 Å². The van der Waals surface area contributed by atoms with E-state index in [1.54, 1.807) is 0 Å². The van der Waals surface area contributed by atoms with E-state index >= 15 is 0 Å². The first kappa shape index (κ1) is 10.8. The molecule has 1 rings (SSSR count). The molecule has 14 heavy (non-hydrogen) atoms. The van der Waals surface area contributed by atoms with Gasteiger partial charge in [-0.25, -0.2) is 5.84 Å². The Bertz CT molecular complexity index is 360. The Morgan fingerprint density at radius 1 is 1.50 bits per heavy atom. The summed E-state index contributed by atoms with van der Waals surface area (Å²) in [5, 5.41) is 9.90. The summed E-state index contributed by atoms with van der Waals surface area (Å²) >= 11 is 11.3. The highest BCUT2D eigenvalue weighted by Gasteiger charge is 2.10. The molecule has 0 saturated carbocycles. The summed E-state index contributed by atoms with van der Waals surface area (Å²) in [6.07, 6.45) is 0. The molecule has 0 fully saturated rings. The topological polar surface area (TPSA) is 81.6 Å². The van der Waals surface area contributed by atoms with Crippen molar-refractivity contribution >= 4 is 28.9 Å². The van der Waals surface area contributed by atoms with Crippen molar-refractivity contribution in [3.8, 4) is 0 Å². The Labute approximate surface area is 88.8 Å². The van der Waals surface area contributed by atoms with Crippen LogP contribution in [0.1, 0.15) is 0 Å². The van der Waals surface area contributed by atoms with Gasteiger partial charge in [0, 0.05) is 5.02 Å². The monoisotopic (exact) mass is 237 g/mol. The van der Waals surface area contributed by atoms with Gasteiger partial charge in [-0.15, -0.1) is 15.3 Å². The molecule has 0 aliphatic carbocycles. The van der Waals surface area contributed by atoms with E-state index in [9.17, 15) is 10.1 Å². The lowest BCUT2D eigenvalue weighted by atomic mass is 10.3. The van der Waals surface area contributed by atoms with E-state index in [4.69, 9.17) is 29.0 Å². The standard InChI is InChI=1S/C6H5Cl2N3O3/c7-4-1-2-6(5(8)3-4)10(9)14-11(12)13/h1-3H,9H2. The molecule has 0 aromatic heterocycles. The Hall–Kier alpha value is -1.24. The quantitative estimate of drug-likeness (QED) is 0.493. The van der Waals surface area contributed by atoms with E-state index in [0.717, 1.165) is 0 Å². The summed E-state index contributed by atoms with van der Waals surface area (Å²) in [4.78, 5) is 13.9. The highest BCUT2D eigenvalue weighted by Crippen LogP contribution is 2.27. The number of nitrogens with zero attached hydrogens (tertiary/aromatic N) is 2. The van der Waals surface area contributed by atoms with Crippen LogP contribution in [-0.4, -0.2) is 5.09 Å². The SMILES string of the molecule is NN(O[N+](=O)[O-])c1ccc(Cl)cc1Cl. The van der Waals surface area contributed by atoms with E-state index < -0.39 is 5.09 Å². The van der Waals surface area contributed by atoms with Gasteiger partial charge in [0.25, 0.3) is 0 Å². The van der Waals surface area contributed by atoms with Gasteiger partial charge in [0.05, 0.1) is 5.02 Å². The Kier molecular flexibility index (Phi) is 3.34. The third-order valence-electron chi connectivity index (χ3n) is 1.30. The predicted octanol–water partition coefficient (Wildman–Crippen LogP) is 1.80. The molecule has 0 spiro atoms. The lowest BCUT2D eigenvalue weighted by molar-refractivity contribution is -0.762. The van der Waals surface area contributed by atoms with Crippen LogP contribution < -0.4 is 11.0 Å². The Morgan fingerprint density at radius 3 is 2.64 bits per heavy atom. The molecule has 8 heteroatoms. The third kappa shape index (κ3) is 2.63. The van der Waals surface area contributed by atoms with Crippen LogP contribution in [0.4, 0.5) is 5.69 Å². The molecule has 0 radical (unpaired) electrons. The lowest BCUT2D eigenvalue weighted by Gasteiger charge is -2.15. The molecule has 1 aromatic rings. The van der Waals surface area contributed by atoms with Gasteiger partial charge in [0.2, 0.25) is 0 Å². The summed E-state index contributed by atoms with van der Waals surface area (Å²) in [6, 6.07) is 4.27. The van der Waals surface area contributed by atoms with Gasteiger partial charge >= 0.3 is 5.09 Å². The van der Waals surface area contributed by atoms with E-state index in [0.29, 0.717) is 10.2 Å². The first-order valence-electron chi connectivity index (χ1n) is 3.33. The minimum atomic E-state index is -1.05. The zero-order valence-electron chi connectivity index (χ0n) is 6.68. The number of benzene rings is 1. The van der Waals surface area contributed by atoms with Crippen LogP contribution in [0.5, 0.6) is 0 Å². The van der Waals surface area contributed by atoms with Crippen molar-refractivity contribution in [1.29, 1.82) is 0 Å². The zero-order chi connectivity index (χ0) is 10.7. The Morgan fingerprint density at radius 2 is 2.14 bits per heavy atom. The van der Waals surface area contributed by atoms with Gasteiger partial charge in [-0.1, -0.05) is 23.2 Å². The number of hydrogen-bond donors (Lipinski definition) is 1. The number of rotatable bonds is 3. The second kappa shape index (κ2) is 4.32. The van der Waals surface area contributed by atoms with Crippen LogP contribution in [0.15, 0.2) is 18.2 Å². The molecular formula is C6H5Cl2N3O3. The van der Waals surface area contributed by atoms with Gasteiger partial charge in [-0.3, -0.25) is 0 Å². The molecule has 0 heterocycles. The van der Waals surface area contributed by atoms with Crippen LogP contribution >= 0.6 is 23.2 Å².